The van der Waals surface area contributed by atoms with Crippen LogP contribution in [0.15, 0.2) is 36.4 Å². The number of nitrogens with zero attached hydrogens (tertiary/aromatic N) is 1. The van der Waals surface area contributed by atoms with Gasteiger partial charge in [0.15, 0.2) is 5.78 Å². The van der Waals surface area contributed by atoms with Crippen LogP contribution in [-0.2, 0) is 0 Å². The standard InChI is InChI=1S/C9H9NO2/c1-7(11)6-9(12)8-2-4-10-5-3-8/h2-6,11H,1H3/b7-6-. The number of aliphatic hydroxyl groups is 1. The molecule has 62 valence electrons. The number of allylic oxidation sites excluding steroid dienone is 2. The van der Waals surface area contributed by atoms with Crippen molar-refractivity contribution in [3.63, 3.8) is 0 Å². The lowest BCUT2D eigenvalue weighted by Gasteiger charge is -1.93. The second-order valence-electron chi connectivity index (χ2n) is 2.39. The van der Waals surface area contributed by atoms with Crippen LogP contribution in [0.5, 0.6) is 0 Å². The van der Waals surface area contributed by atoms with Crippen LogP contribution in [-0.4, -0.2) is 15.9 Å². The van der Waals surface area contributed by atoms with Crippen LogP contribution >= 0.6 is 0 Å². The van der Waals surface area contributed by atoms with Crippen molar-refractivity contribution in [3.05, 3.63) is 41.9 Å². The van der Waals surface area contributed by atoms with E-state index < -0.39 is 0 Å². The summed E-state index contributed by atoms with van der Waals surface area (Å²) < 4.78 is 0. The molecule has 1 N–H and O–H groups in total. The van der Waals surface area contributed by atoms with E-state index in [0.717, 1.165) is 0 Å². The van der Waals surface area contributed by atoms with Crippen molar-refractivity contribution in [1.82, 2.24) is 4.98 Å². The van der Waals surface area contributed by atoms with Gasteiger partial charge < -0.3 is 5.11 Å². The largest absolute Gasteiger partial charge is 0.512 e. The number of carbonyl (C=O) groups excluding carboxylic acids is 1. The first-order valence-corrected chi connectivity index (χ1v) is 3.52. The van der Waals surface area contributed by atoms with E-state index in [1.54, 1.807) is 12.1 Å². The zero-order valence-electron chi connectivity index (χ0n) is 6.69. The molecule has 0 aliphatic carbocycles. The maximum atomic E-state index is 11.2. The highest BCUT2D eigenvalue weighted by Gasteiger charge is 2.00. The Bertz CT molecular complexity index is 300. The Morgan fingerprint density at radius 1 is 1.50 bits per heavy atom. The van der Waals surface area contributed by atoms with Gasteiger partial charge in [-0.25, -0.2) is 0 Å². The molecule has 0 aliphatic heterocycles. The second-order valence-corrected chi connectivity index (χ2v) is 2.39. The molecular weight excluding hydrogens is 154 g/mol. The average Bonchev–Trinajstić information content (AvgIpc) is 2.05. The first-order valence-electron chi connectivity index (χ1n) is 3.52. The maximum absolute atomic E-state index is 11.2. The summed E-state index contributed by atoms with van der Waals surface area (Å²) in [5, 5.41) is 8.81. The van der Waals surface area contributed by atoms with Gasteiger partial charge in [0.05, 0.1) is 5.76 Å². The minimum Gasteiger partial charge on any atom is -0.512 e. The molecule has 12 heavy (non-hydrogen) atoms. The number of aromatic nitrogens is 1. The molecular formula is C9H9NO2. The monoisotopic (exact) mass is 163 g/mol. The number of hydrogen-bond acceptors (Lipinski definition) is 3. The van der Waals surface area contributed by atoms with E-state index in [2.05, 4.69) is 4.98 Å². The molecule has 3 nitrogen and oxygen atoms in total. The van der Waals surface area contributed by atoms with Crippen molar-refractivity contribution in [2.45, 2.75) is 6.92 Å². The predicted molar refractivity (Wildman–Crippen MR) is 45.0 cm³/mol. The van der Waals surface area contributed by atoms with Crippen molar-refractivity contribution >= 4 is 5.78 Å². The average molecular weight is 163 g/mol. The lowest BCUT2D eigenvalue weighted by atomic mass is 10.1. The Morgan fingerprint density at radius 2 is 2.08 bits per heavy atom. The zero-order chi connectivity index (χ0) is 8.97. The molecule has 0 fully saturated rings. The van der Waals surface area contributed by atoms with Gasteiger partial charge in [0.2, 0.25) is 0 Å². The number of aliphatic hydroxyl groups excluding tert-OH is 1. The third-order valence-electron chi connectivity index (χ3n) is 1.30. The summed E-state index contributed by atoms with van der Waals surface area (Å²) in [5.74, 6) is -0.200. The van der Waals surface area contributed by atoms with Crippen LogP contribution < -0.4 is 0 Å². The highest BCUT2D eigenvalue weighted by atomic mass is 16.3. The van der Waals surface area contributed by atoms with Crippen molar-refractivity contribution in [1.29, 1.82) is 0 Å². The molecule has 1 aromatic rings. The lowest BCUT2D eigenvalue weighted by Crippen LogP contribution is -1.95. The summed E-state index contributed by atoms with van der Waals surface area (Å²) in [7, 11) is 0. The summed E-state index contributed by atoms with van der Waals surface area (Å²) in [4.78, 5) is 15.0. The molecule has 1 heterocycles. The van der Waals surface area contributed by atoms with Gasteiger partial charge >= 0.3 is 0 Å². The molecule has 0 bridgehead atoms. The van der Waals surface area contributed by atoms with Crippen molar-refractivity contribution in [2.24, 2.45) is 0 Å². The van der Waals surface area contributed by atoms with Crippen LogP contribution in [0.2, 0.25) is 0 Å². The SMILES string of the molecule is C/C(O)=C/C(=O)c1ccncc1. The number of hydrogen-bond donors (Lipinski definition) is 1. The molecule has 0 aromatic carbocycles. The normalized spacial score (nSPS) is 11.2. The van der Waals surface area contributed by atoms with E-state index in [-0.39, 0.29) is 11.5 Å². The molecule has 0 amide bonds. The first kappa shape index (κ1) is 8.46. The van der Waals surface area contributed by atoms with Gasteiger partial charge in [0.25, 0.3) is 0 Å². The zero-order valence-corrected chi connectivity index (χ0v) is 6.69. The van der Waals surface area contributed by atoms with Gasteiger partial charge in [-0.3, -0.25) is 9.78 Å². The van der Waals surface area contributed by atoms with E-state index in [1.165, 1.54) is 25.4 Å². The first-order chi connectivity index (χ1) is 5.70. The summed E-state index contributed by atoms with van der Waals surface area (Å²) >= 11 is 0. The minimum absolute atomic E-state index is 0.0109. The molecule has 0 saturated heterocycles. The van der Waals surface area contributed by atoms with Crippen LogP contribution in [0.1, 0.15) is 17.3 Å². The molecule has 0 atom stereocenters. The highest BCUT2D eigenvalue weighted by molar-refractivity contribution is 6.04. The maximum Gasteiger partial charge on any atom is 0.189 e. The van der Waals surface area contributed by atoms with Crippen molar-refractivity contribution < 1.29 is 9.90 Å². The Labute approximate surface area is 70.4 Å². The van der Waals surface area contributed by atoms with Crippen molar-refractivity contribution in [3.8, 4) is 0 Å². The molecule has 0 radical (unpaired) electrons. The highest BCUT2D eigenvalue weighted by Crippen LogP contribution is 2.00. The van der Waals surface area contributed by atoms with Gasteiger partial charge in [-0.15, -0.1) is 0 Å². The second kappa shape index (κ2) is 3.67. The Hall–Kier alpha value is -1.64. The van der Waals surface area contributed by atoms with E-state index in [1.807, 2.05) is 0 Å². The fourth-order valence-electron chi connectivity index (χ4n) is 0.789. The predicted octanol–water partition coefficient (Wildman–Crippen LogP) is 1.73. The van der Waals surface area contributed by atoms with E-state index in [4.69, 9.17) is 5.11 Å². The third-order valence-corrected chi connectivity index (χ3v) is 1.30. The summed E-state index contributed by atoms with van der Waals surface area (Å²) in [6.45, 7) is 1.46. The van der Waals surface area contributed by atoms with E-state index >= 15 is 0 Å². The fraction of sp³-hybridized carbons (Fsp3) is 0.111. The molecule has 1 rings (SSSR count). The van der Waals surface area contributed by atoms with Gasteiger partial charge in [-0.1, -0.05) is 0 Å². The van der Waals surface area contributed by atoms with E-state index in [0.29, 0.717) is 5.56 Å². The Kier molecular flexibility index (Phi) is 2.58. The number of rotatable bonds is 2. The van der Waals surface area contributed by atoms with Gasteiger partial charge in [0, 0.05) is 24.0 Å². The van der Waals surface area contributed by atoms with Gasteiger partial charge in [-0.05, 0) is 19.1 Å². The van der Waals surface area contributed by atoms with Gasteiger partial charge in [-0.2, -0.15) is 0 Å². The van der Waals surface area contributed by atoms with Crippen LogP contribution in [0.4, 0.5) is 0 Å². The summed E-state index contributed by atoms with van der Waals surface area (Å²) in [6, 6.07) is 3.20. The molecule has 0 spiro atoms. The smallest absolute Gasteiger partial charge is 0.189 e. The van der Waals surface area contributed by atoms with Crippen LogP contribution in [0.3, 0.4) is 0 Å². The molecule has 0 aliphatic rings. The lowest BCUT2D eigenvalue weighted by molar-refractivity contribution is 0.104. The molecule has 1 aromatic heterocycles. The quantitative estimate of drug-likeness (QED) is 0.410. The molecule has 3 heteroatoms. The molecule has 0 unspecified atom stereocenters. The summed E-state index contributed by atoms with van der Waals surface area (Å²) in [5.41, 5.74) is 0.526. The van der Waals surface area contributed by atoms with Crippen molar-refractivity contribution in [2.75, 3.05) is 0 Å². The topological polar surface area (TPSA) is 50.2 Å². The Morgan fingerprint density at radius 3 is 2.58 bits per heavy atom. The minimum atomic E-state index is -0.211. The Balaban J connectivity index is 2.87. The molecule has 0 saturated carbocycles. The van der Waals surface area contributed by atoms with Gasteiger partial charge in [0.1, 0.15) is 0 Å². The third kappa shape index (κ3) is 2.20. The number of ketones is 1. The fourth-order valence-corrected chi connectivity index (χ4v) is 0.789. The van der Waals surface area contributed by atoms with Crippen LogP contribution in [0, 0.1) is 0 Å². The van der Waals surface area contributed by atoms with E-state index in [9.17, 15) is 4.79 Å². The number of carbonyl (C=O) groups is 1. The summed E-state index contributed by atoms with van der Waals surface area (Å²) in [6.07, 6.45) is 4.25. The number of pyridine rings is 1. The van der Waals surface area contributed by atoms with Crippen LogP contribution in [0.25, 0.3) is 0 Å².